The van der Waals surface area contributed by atoms with Crippen LogP contribution in [0, 0.1) is 17.2 Å². The van der Waals surface area contributed by atoms with Crippen LogP contribution in [0.3, 0.4) is 0 Å². The summed E-state index contributed by atoms with van der Waals surface area (Å²) in [7, 11) is 0. The van der Waals surface area contributed by atoms with Gasteiger partial charge in [0.2, 0.25) is 0 Å². The number of nitrogens with zero attached hydrogens (tertiary/aromatic N) is 2. The Labute approximate surface area is 106 Å². The summed E-state index contributed by atoms with van der Waals surface area (Å²) in [6.45, 7) is 4.77. The maximum absolute atomic E-state index is 11.6. The second-order valence-corrected chi connectivity index (χ2v) is 4.48. The minimum atomic E-state index is -0.611. The summed E-state index contributed by atoms with van der Waals surface area (Å²) in [6, 6.07) is 1.79. The van der Waals surface area contributed by atoms with Gasteiger partial charge in [-0.05, 0) is 12.3 Å². The van der Waals surface area contributed by atoms with Crippen LogP contribution in [0.4, 0.5) is 0 Å². The SMILES string of the molecule is CCCCC(CC)Cn1cc(C#N)c(=O)[nH]c1=O. The Bertz CT molecular complexity index is 536. The Morgan fingerprint density at radius 2 is 2.17 bits per heavy atom. The van der Waals surface area contributed by atoms with Gasteiger partial charge in [-0.3, -0.25) is 14.3 Å². The molecule has 5 nitrogen and oxygen atoms in total. The number of hydrogen-bond donors (Lipinski definition) is 1. The van der Waals surface area contributed by atoms with Crippen LogP contribution in [0.1, 0.15) is 45.1 Å². The highest BCUT2D eigenvalue weighted by atomic mass is 16.2. The summed E-state index contributed by atoms with van der Waals surface area (Å²) in [6.07, 6.45) is 5.64. The molecule has 98 valence electrons. The van der Waals surface area contributed by atoms with E-state index in [1.807, 2.05) is 0 Å². The molecule has 0 radical (unpaired) electrons. The van der Waals surface area contributed by atoms with E-state index < -0.39 is 11.2 Å². The number of unbranched alkanes of at least 4 members (excludes halogenated alkanes) is 1. The minimum absolute atomic E-state index is 0.0139. The van der Waals surface area contributed by atoms with E-state index in [1.165, 1.54) is 10.8 Å². The summed E-state index contributed by atoms with van der Waals surface area (Å²) in [4.78, 5) is 25.1. The predicted octanol–water partition coefficient (Wildman–Crippen LogP) is 1.62. The van der Waals surface area contributed by atoms with Crippen LogP contribution in [0.15, 0.2) is 15.8 Å². The van der Waals surface area contributed by atoms with E-state index in [-0.39, 0.29) is 5.56 Å². The van der Waals surface area contributed by atoms with Crippen molar-refractivity contribution in [2.75, 3.05) is 0 Å². The van der Waals surface area contributed by atoms with Crippen LogP contribution in [0.5, 0.6) is 0 Å². The van der Waals surface area contributed by atoms with Gasteiger partial charge in [0, 0.05) is 12.7 Å². The fraction of sp³-hybridized carbons (Fsp3) is 0.615. The van der Waals surface area contributed by atoms with Crippen molar-refractivity contribution in [1.82, 2.24) is 9.55 Å². The summed E-state index contributed by atoms with van der Waals surface area (Å²) in [5.41, 5.74) is -1.06. The van der Waals surface area contributed by atoms with Gasteiger partial charge in [-0.25, -0.2) is 4.79 Å². The molecule has 1 N–H and O–H groups in total. The van der Waals surface area contributed by atoms with E-state index in [4.69, 9.17) is 5.26 Å². The van der Waals surface area contributed by atoms with Gasteiger partial charge in [0.05, 0.1) is 0 Å². The summed E-state index contributed by atoms with van der Waals surface area (Å²) in [5.74, 6) is 0.403. The third-order valence-electron chi connectivity index (χ3n) is 3.13. The number of aromatic nitrogens is 2. The zero-order chi connectivity index (χ0) is 13.5. The molecule has 1 heterocycles. The second kappa shape index (κ2) is 6.80. The van der Waals surface area contributed by atoms with E-state index in [9.17, 15) is 9.59 Å². The Morgan fingerprint density at radius 3 is 2.72 bits per heavy atom. The number of rotatable bonds is 6. The molecule has 0 bridgehead atoms. The van der Waals surface area contributed by atoms with Gasteiger partial charge >= 0.3 is 5.69 Å². The Morgan fingerprint density at radius 1 is 1.44 bits per heavy atom. The lowest BCUT2D eigenvalue weighted by molar-refractivity contribution is 0.382. The van der Waals surface area contributed by atoms with Crippen LogP contribution in [0.25, 0.3) is 0 Å². The first-order chi connectivity index (χ1) is 8.62. The molecular formula is C13H19N3O2. The Balaban J connectivity index is 2.93. The number of H-pyrrole nitrogens is 1. The lowest BCUT2D eigenvalue weighted by Gasteiger charge is -2.15. The highest BCUT2D eigenvalue weighted by Crippen LogP contribution is 2.13. The fourth-order valence-corrected chi connectivity index (χ4v) is 1.92. The van der Waals surface area contributed by atoms with Gasteiger partial charge in [-0.2, -0.15) is 5.26 Å². The van der Waals surface area contributed by atoms with Gasteiger partial charge in [-0.1, -0.05) is 33.1 Å². The zero-order valence-electron chi connectivity index (χ0n) is 10.9. The molecular weight excluding hydrogens is 230 g/mol. The van der Waals surface area contributed by atoms with Gasteiger partial charge in [-0.15, -0.1) is 0 Å². The standard InChI is InChI=1S/C13H19N3O2/c1-3-5-6-10(4-2)8-16-9-11(7-14)12(17)15-13(16)18/h9-10H,3-6,8H2,1-2H3,(H,15,17,18). The molecule has 18 heavy (non-hydrogen) atoms. The molecule has 0 aliphatic rings. The van der Waals surface area contributed by atoms with Crippen molar-refractivity contribution in [3.8, 4) is 6.07 Å². The van der Waals surface area contributed by atoms with Crippen LogP contribution in [-0.2, 0) is 6.54 Å². The second-order valence-electron chi connectivity index (χ2n) is 4.48. The third kappa shape index (κ3) is 3.59. The molecule has 0 spiro atoms. The Kier molecular flexibility index (Phi) is 5.37. The van der Waals surface area contributed by atoms with Crippen molar-refractivity contribution >= 4 is 0 Å². The first-order valence-corrected chi connectivity index (χ1v) is 6.36. The molecule has 5 heteroatoms. The number of nitriles is 1. The van der Waals surface area contributed by atoms with Crippen LogP contribution >= 0.6 is 0 Å². The largest absolute Gasteiger partial charge is 0.328 e. The number of aromatic amines is 1. The van der Waals surface area contributed by atoms with E-state index >= 15 is 0 Å². The molecule has 0 amide bonds. The average molecular weight is 249 g/mol. The first-order valence-electron chi connectivity index (χ1n) is 6.36. The highest BCUT2D eigenvalue weighted by Gasteiger charge is 2.10. The van der Waals surface area contributed by atoms with Gasteiger partial charge in [0.25, 0.3) is 5.56 Å². The highest BCUT2D eigenvalue weighted by molar-refractivity contribution is 5.21. The van der Waals surface area contributed by atoms with Crippen molar-refractivity contribution < 1.29 is 0 Å². The molecule has 1 rings (SSSR count). The number of nitrogens with one attached hydrogen (secondary N) is 1. The van der Waals surface area contributed by atoms with Gasteiger partial charge in [0.15, 0.2) is 0 Å². The van der Waals surface area contributed by atoms with Crippen LogP contribution in [-0.4, -0.2) is 9.55 Å². The summed E-state index contributed by atoms with van der Waals surface area (Å²) >= 11 is 0. The maximum Gasteiger partial charge on any atom is 0.328 e. The summed E-state index contributed by atoms with van der Waals surface area (Å²) < 4.78 is 1.43. The molecule has 0 saturated carbocycles. The van der Waals surface area contributed by atoms with E-state index in [1.54, 1.807) is 6.07 Å². The number of hydrogen-bond acceptors (Lipinski definition) is 3. The molecule has 1 atom stereocenters. The summed E-state index contributed by atoms with van der Waals surface area (Å²) in [5, 5.41) is 8.78. The molecule has 1 aromatic heterocycles. The van der Waals surface area contributed by atoms with Crippen molar-refractivity contribution in [1.29, 1.82) is 5.26 Å². The lowest BCUT2D eigenvalue weighted by Crippen LogP contribution is -2.32. The van der Waals surface area contributed by atoms with Crippen molar-refractivity contribution in [2.24, 2.45) is 5.92 Å². The zero-order valence-corrected chi connectivity index (χ0v) is 10.9. The van der Waals surface area contributed by atoms with E-state index in [0.717, 1.165) is 25.7 Å². The van der Waals surface area contributed by atoms with Crippen molar-refractivity contribution in [3.63, 3.8) is 0 Å². The first kappa shape index (κ1) is 14.2. The van der Waals surface area contributed by atoms with Gasteiger partial charge < -0.3 is 0 Å². The normalized spacial score (nSPS) is 12.1. The van der Waals surface area contributed by atoms with E-state index in [2.05, 4.69) is 18.8 Å². The molecule has 1 aromatic rings. The lowest BCUT2D eigenvalue weighted by atomic mass is 9.99. The van der Waals surface area contributed by atoms with Gasteiger partial charge in [0.1, 0.15) is 11.6 Å². The minimum Gasteiger partial charge on any atom is -0.299 e. The molecule has 0 aliphatic carbocycles. The molecule has 1 unspecified atom stereocenters. The van der Waals surface area contributed by atoms with Crippen molar-refractivity contribution in [3.05, 3.63) is 32.6 Å². The maximum atomic E-state index is 11.6. The monoisotopic (exact) mass is 249 g/mol. The Hall–Kier alpha value is -1.83. The van der Waals surface area contributed by atoms with Crippen molar-refractivity contribution in [2.45, 2.75) is 46.1 Å². The van der Waals surface area contributed by atoms with E-state index in [0.29, 0.717) is 12.5 Å². The molecule has 0 aliphatic heterocycles. The topological polar surface area (TPSA) is 78.7 Å². The molecule has 0 saturated heterocycles. The molecule has 0 aromatic carbocycles. The smallest absolute Gasteiger partial charge is 0.299 e. The molecule has 0 fully saturated rings. The average Bonchev–Trinajstić information content (AvgIpc) is 2.36. The third-order valence-corrected chi connectivity index (χ3v) is 3.13. The predicted molar refractivity (Wildman–Crippen MR) is 69.3 cm³/mol. The van der Waals surface area contributed by atoms with Crippen LogP contribution < -0.4 is 11.2 Å². The van der Waals surface area contributed by atoms with Crippen LogP contribution in [0.2, 0.25) is 0 Å². The fourth-order valence-electron chi connectivity index (χ4n) is 1.92. The quantitative estimate of drug-likeness (QED) is 0.832.